The van der Waals surface area contributed by atoms with E-state index in [2.05, 4.69) is 4.90 Å². The number of fused-ring (bicyclic) bond motifs is 1. The first-order chi connectivity index (χ1) is 10.2. The van der Waals surface area contributed by atoms with E-state index in [0.717, 1.165) is 43.9 Å². The summed E-state index contributed by atoms with van der Waals surface area (Å²) in [6.45, 7) is 3.56. The lowest BCUT2D eigenvalue weighted by atomic mass is 10.2. The summed E-state index contributed by atoms with van der Waals surface area (Å²) in [5.41, 5.74) is 7.50. The van der Waals surface area contributed by atoms with Crippen molar-refractivity contribution in [1.82, 2.24) is 4.90 Å². The Bertz CT molecular complexity index is 510. The Labute approximate surface area is 125 Å². The quantitative estimate of drug-likeness (QED) is 0.844. The van der Waals surface area contributed by atoms with Crippen LogP contribution in [0, 0.1) is 0 Å². The van der Waals surface area contributed by atoms with Gasteiger partial charge in [0.1, 0.15) is 12.4 Å². The van der Waals surface area contributed by atoms with Gasteiger partial charge < -0.3 is 20.3 Å². The van der Waals surface area contributed by atoms with Crippen molar-refractivity contribution in [3.63, 3.8) is 0 Å². The van der Waals surface area contributed by atoms with E-state index in [1.807, 2.05) is 23.1 Å². The highest BCUT2D eigenvalue weighted by Crippen LogP contribution is 2.33. The third-order valence-corrected chi connectivity index (χ3v) is 4.23. The molecule has 1 fully saturated rings. The maximum atomic E-state index is 12.5. The first-order valence-electron chi connectivity index (χ1n) is 7.79. The molecule has 21 heavy (non-hydrogen) atoms. The second kappa shape index (κ2) is 6.24. The van der Waals surface area contributed by atoms with Crippen molar-refractivity contribution in [1.29, 1.82) is 0 Å². The molecule has 0 unspecified atom stereocenters. The molecule has 1 saturated heterocycles. The van der Waals surface area contributed by atoms with Crippen LogP contribution in [0.25, 0.3) is 0 Å². The van der Waals surface area contributed by atoms with Crippen LogP contribution in [0.1, 0.15) is 25.7 Å². The number of benzene rings is 1. The zero-order chi connectivity index (χ0) is 14.7. The van der Waals surface area contributed by atoms with Gasteiger partial charge in [-0.05, 0) is 31.0 Å². The fourth-order valence-corrected chi connectivity index (χ4v) is 3.04. The van der Waals surface area contributed by atoms with Crippen LogP contribution in [0.5, 0.6) is 5.75 Å². The summed E-state index contributed by atoms with van der Waals surface area (Å²) in [6, 6.07) is 5.61. The first kappa shape index (κ1) is 14.0. The van der Waals surface area contributed by atoms with Gasteiger partial charge in [0.05, 0.1) is 18.8 Å². The highest BCUT2D eigenvalue weighted by Gasteiger charge is 2.23. The smallest absolute Gasteiger partial charge is 0.242 e. The number of likely N-dealkylation sites (tertiary alicyclic amines) is 1. The second-order valence-corrected chi connectivity index (χ2v) is 5.79. The summed E-state index contributed by atoms with van der Waals surface area (Å²) in [7, 11) is 0. The number of hydrogen-bond acceptors (Lipinski definition) is 4. The summed E-state index contributed by atoms with van der Waals surface area (Å²) in [5, 5.41) is 0. The largest absolute Gasteiger partial charge is 0.490 e. The monoisotopic (exact) mass is 289 g/mol. The SMILES string of the molecule is Nc1ccc2c(c1)N(CC(=O)N1CCCCCC1)CCO2. The van der Waals surface area contributed by atoms with Crippen molar-refractivity contribution >= 4 is 17.3 Å². The number of nitrogens with two attached hydrogens (primary N) is 1. The predicted octanol–water partition coefficient (Wildman–Crippen LogP) is 1.87. The van der Waals surface area contributed by atoms with Crippen molar-refractivity contribution in [3.05, 3.63) is 18.2 Å². The fourth-order valence-electron chi connectivity index (χ4n) is 3.04. The van der Waals surface area contributed by atoms with Gasteiger partial charge in [-0.1, -0.05) is 12.8 Å². The third kappa shape index (κ3) is 3.23. The first-order valence-corrected chi connectivity index (χ1v) is 7.79. The molecule has 5 heteroatoms. The molecule has 1 aromatic carbocycles. The van der Waals surface area contributed by atoms with E-state index in [4.69, 9.17) is 10.5 Å². The van der Waals surface area contributed by atoms with Crippen molar-refractivity contribution < 1.29 is 9.53 Å². The number of carbonyl (C=O) groups excluding carboxylic acids is 1. The maximum absolute atomic E-state index is 12.5. The van der Waals surface area contributed by atoms with Gasteiger partial charge in [0.15, 0.2) is 0 Å². The third-order valence-electron chi connectivity index (χ3n) is 4.23. The van der Waals surface area contributed by atoms with Crippen LogP contribution >= 0.6 is 0 Å². The van der Waals surface area contributed by atoms with E-state index in [1.54, 1.807) is 0 Å². The molecule has 2 aliphatic heterocycles. The predicted molar refractivity (Wildman–Crippen MR) is 83.6 cm³/mol. The molecule has 0 spiro atoms. The van der Waals surface area contributed by atoms with Gasteiger partial charge in [0.2, 0.25) is 5.91 Å². The van der Waals surface area contributed by atoms with Crippen LogP contribution < -0.4 is 15.4 Å². The number of hydrogen-bond donors (Lipinski definition) is 1. The second-order valence-electron chi connectivity index (χ2n) is 5.79. The summed E-state index contributed by atoms with van der Waals surface area (Å²) in [6.07, 6.45) is 4.72. The summed E-state index contributed by atoms with van der Waals surface area (Å²) in [4.78, 5) is 16.6. The Morgan fingerprint density at radius 3 is 2.67 bits per heavy atom. The maximum Gasteiger partial charge on any atom is 0.242 e. The normalized spacial score (nSPS) is 18.7. The lowest BCUT2D eigenvalue weighted by Crippen LogP contribution is -2.43. The van der Waals surface area contributed by atoms with Crippen LogP contribution in [0.15, 0.2) is 18.2 Å². The molecule has 1 amide bonds. The van der Waals surface area contributed by atoms with Crippen LogP contribution in [0.3, 0.4) is 0 Å². The van der Waals surface area contributed by atoms with Gasteiger partial charge in [-0.2, -0.15) is 0 Å². The minimum Gasteiger partial charge on any atom is -0.490 e. The van der Waals surface area contributed by atoms with E-state index in [1.165, 1.54) is 12.8 Å². The molecular weight excluding hydrogens is 266 g/mol. The molecular formula is C16H23N3O2. The van der Waals surface area contributed by atoms with Crippen LogP contribution in [-0.2, 0) is 4.79 Å². The van der Waals surface area contributed by atoms with E-state index < -0.39 is 0 Å². The van der Waals surface area contributed by atoms with Gasteiger partial charge in [-0.25, -0.2) is 0 Å². The molecule has 0 atom stereocenters. The average Bonchev–Trinajstić information content (AvgIpc) is 2.77. The number of carbonyl (C=O) groups is 1. The Morgan fingerprint density at radius 1 is 1.14 bits per heavy atom. The fraction of sp³-hybridized carbons (Fsp3) is 0.562. The van der Waals surface area contributed by atoms with Crippen molar-refractivity contribution in [2.24, 2.45) is 0 Å². The van der Waals surface area contributed by atoms with Gasteiger partial charge in [-0.3, -0.25) is 4.79 Å². The average molecular weight is 289 g/mol. The molecule has 1 aromatic rings. The Hall–Kier alpha value is -1.91. The number of rotatable bonds is 2. The van der Waals surface area contributed by atoms with Crippen molar-refractivity contribution in [2.45, 2.75) is 25.7 Å². The van der Waals surface area contributed by atoms with Crippen LogP contribution in [-0.4, -0.2) is 43.6 Å². The van der Waals surface area contributed by atoms with Crippen LogP contribution in [0.2, 0.25) is 0 Å². The summed E-state index contributed by atoms with van der Waals surface area (Å²) in [5.74, 6) is 1.03. The highest BCUT2D eigenvalue weighted by molar-refractivity contribution is 5.83. The number of nitrogens with zero attached hydrogens (tertiary/aromatic N) is 2. The molecule has 114 valence electrons. The van der Waals surface area contributed by atoms with Gasteiger partial charge >= 0.3 is 0 Å². The highest BCUT2D eigenvalue weighted by atomic mass is 16.5. The minimum atomic E-state index is 0.215. The lowest BCUT2D eigenvalue weighted by molar-refractivity contribution is -0.129. The van der Waals surface area contributed by atoms with Gasteiger partial charge in [0, 0.05) is 18.8 Å². The lowest BCUT2D eigenvalue weighted by Gasteiger charge is -2.32. The van der Waals surface area contributed by atoms with E-state index in [9.17, 15) is 4.79 Å². The Kier molecular flexibility index (Phi) is 4.18. The number of nitrogen functional groups attached to an aromatic ring is 1. The zero-order valence-corrected chi connectivity index (χ0v) is 12.4. The van der Waals surface area contributed by atoms with E-state index >= 15 is 0 Å². The van der Waals surface area contributed by atoms with E-state index in [0.29, 0.717) is 18.8 Å². The molecule has 0 bridgehead atoms. The Morgan fingerprint density at radius 2 is 1.90 bits per heavy atom. The van der Waals surface area contributed by atoms with Gasteiger partial charge in [-0.15, -0.1) is 0 Å². The standard InChI is InChI=1S/C16H23N3O2/c17-13-5-6-15-14(11-13)19(9-10-21-15)12-16(20)18-7-3-1-2-4-8-18/h5-6,11H,1-4,7-10,12,17H2. The van der Waals surface area contributed by atoms with E-state index in [-0.39, 0.29) is 5.91 Å². The molecule has 0 aromatic heterocycles. The summed E-state index contributed by atoms with van der Waals surface area (Å²) >= 11 is 0. The molecule has 2 N–H and O–H groups in total. The Balaban J connectivity index is 1.70. The molecule has 2 heterocycles. The minimum absolute atomic E-state index is 0.215. The van der Waals surface area contributed by atoms with Gasteiger partial charge in [0.25, 0.3) is 0 Å². The molecule has 0 aliphatic carbocycles. The molecule has 2 aliphatic rings. The van der Waals surface area contributed by atoms with Crippen LogP contribution in [0.4, 0.5) is 11.4 Å². The molecule has 0 saturated carbocycles. The van der Waals surface area contributed by atoms with Crippen molar-refractivity contribution in [3.8, 4) is 5.75 Å². The zero-order valence-electron chi connectivity index (χ0n) is 12.4. The summed E-state index contributed by atoms with van der Waals surface area (Å²) < 4.78 is 5.63. The number of anilines is 2. The molecule has 0 radical (unpaired) electrons. The molecule has 5 nitrogen and oxygen atoms in total. The number of ether oxygens (including phenoxy) is 1. The topological polar surface area (TPSA) is 58.8 Å². The number of amides is 1. The van der Waals surface area contributed by atoms with Crippen molar-refractivity contribution in [2.75, 3.05) is 43.4 Å². The molecule has 3 rings (SSSR count).